The van der Waals surface area contributed by atoms with Gasteiger partial charge in [0.1, 0.15) is 6.04 Å². The molecule has 0 N–H and O–H groups in total. The van der Waals surface area contributed by atoms with Crippen molar-refractivity contribution < 1.29 is 17.9 Å². The minimum atomic E-state index is -3.67. The summed E-state index contributed by atoms with van der Waals surface area (Å²) in [5, 5.41) is 0. The van der Waals surface area contributed by atoms with Crippen molar-refractivity contribution in [2.24, 2.45) is 0 Å². The smallest absolute Gasteiger partial charge is 0.324 e. The Morgan fingerprint density at radius 2 is 1.95 bits per heavy atom. The first-order valence-electron chi connectivity index (χ1n) is 6.32. The zero-order valence-corrected chi connectivity index (χ0v) is 13.5. The Labute approximate surface area is 127 Å². The molecule has 0 aliphatic carbocycles. The molecule has 0 radical (unpaired) electrons. The highest BCUT2D eigenvalue weighted by molar-refractivity contribution is 9.10. The van der Waals surface area contributed by atoms with Crippen LogP contribution in [0, 0.1) is 0 Å². The van der Waals surface area contributed by atoms with Gasteiger partial charge in [-0.1, -0.05) is 15.9 Å². The highest BCUT2D eigenvalue weighted by Crippen LogP contribution is 2.26. The number of rotatable bonds is 3. The minimum Gasteiger partial charge on any atom is -0.468 e. The molecule has 7 heteroatoms. The fourth-order valence-corrected chi connectivity index (χ4v) is 4.22. The van der Waals surface area contributed by atoms with Crippen LogP contribution >= 0.6 is 15.9 Å². The molecule has 5 nitrogen and oxygen atoms in total. The molecule has 0 amide bonds. The first kappa shape index (κ1) is 15.5. The fourth-order valence-electron chi connectivity index (χ4n) is 2.31. The minimum absolute atomic E-state index is 0.191. The molecule has 1 heterocycles. The molecule has 1 fully saturated rings. The number of hydrogen-bond acceptors (Lipinski definition) is 4. The molecule has 1 aliphatic heterocycles. The van der Waals surface area contributed by atoms with Crippen LogP contribution in [0.15, 0.2) is 33.6 Å². The summed E-state index contributed by atoms with van der Waals surface area (Å²) in [4.78, 5) is 12.0. The number of ether oxygens (including phenoxy) is 1. The van der Waals surface area contributed by atoms with Crippen LogP contribution in [-0.2, 0) is 19.6 Å². The summed E-state index contributed by atoms with van der Waals surface area (Å²) in [6, 6.07) is 5.68. The number of benzene rings is 1. The van der Waals surface area contributed by atoms with Crippen molar-refractivity contribution in [1.29, 1.82) is 0 Å². The van der Waals surface area contributed by atoms with Gasteiger partial charge >= 0.3 is 5.97 Å². The van der Waals surface area contributed by atoms with E-state index in [1.54, 1.807) is 12.1 Å². The summed E-state index contributed by atoms with van der Waals surface area (Å²) >= 11 is 3.27. The first-order valence-corrected chi connectivity index (χ1v) is 8.55. The van der Waals surface area contributed by atoms with Gasteiger partial charge < -0.3 is 4.74 Å². The van der Waals surface area contributed by atoms with E-state index in [4.69, 9.17) is 4.74 Å². The Hall–Kier alpha value is -0.920. The molecule has 0 unspecified atom stereocenters. The molecule has 1 aliphatic rings. The number of esters is 1. The molecule has 0 aromatic heterocycles. The van der Waals surface area contributed by atoms with Gasteiger partial charge in [-0.2, -0.15) is 4.31 Å². The number of carbonyl (C=O) groups excluding carboxylic acids is 1. The molecule has 0 bridgehead atoms. The topological polar surface area (TPSA) is 63.7 Å². The average molecular weight is 362 g/mol. The summed E-state index contributed by atoms with van der Waals surface area (Å²) < 4.78 is 32.0. The summed E-state index contributed by atoms with van der Waals surface area (Å²) in [5.41, 5.74) is 0. The highest BCUT2D eigenvalue weighted by Gasteiger charge is 2.38. The van der Waals surface area contributed by atoms with Crippen molar-refractivity contribution in [1.82, 2.24) is 4.31 Å². The van der Waals surface area contributed by atoms with Crippen molar-refractivity contribution in [2.75, 3.05) is 13.7 Å². The van der Waals surface area contributed by atoms with Gasteiger partial charge in [0.2, 0.25) is 10.0 Å². The maximum absolute atomic E-state index is 12.6. The summed E-state index contributed by atoms with van der Waals surface area (Å²) in [6.45, 7) is 0.345. The molecule has 0 spiro atoms. The van der Waals surface area contributed by atoms with Gasteiger partial charge in [0.05, 0.1) is 12.0 Å². The van der Waals surface area contributed by atoms with Crippen LogP contribution in [0.25, 0.3) is 0 Å². The van der Waals surface area contributed by atoms with Gasteiger partial charge in [0.25, 0.3) is 0 Å². The van der Waals surface area contributed by atoms with Crippen LogP contribution in [0.4, 0.5) is 0 Å². The van der Waals surface area contributed by atoms with E-state index >= 15 is 0 Å². The van der Waals surface area contributed by atoms with E-state index in [1.807, 2.05) is 0 Å². The molecule has 20 heavy (non-hydrogen) atoms. The van der Waals surface area contributed by atoms with E-state index in [-0.39, 0.29) is 4.90 Å². The lowest BCUT2D eigenvalue weighted by atomic mass is 10.1. The second-order valence-corrected chi connectivity index (χ2v) is 7.41. The van der Waals surface area contributed by atoms with Crippen LogP contribution in [0.5, 0.6) is 0 Å². The standard InChI is InChI=1S/C13H16BrNO4S/c1-19-13(16)12-4-2-3-9-15(12)20(17,18)11-7-5-10(14)6-8-11/h5-8,12H,2-4,9H2,1H3/t12-/m1/s1. The Kier molecular flexibility index (Phi) is 4.82. The number of hydrogen-bond donors (Lipinski definition) is 0. The van der Waals surface area contributed by atoms with Crippen LogP contribution in [0.3, 0.4) is 0 Å². The van der Waals surface area contributed by atoms with Crippen molar-refractivity contribution in [3.8, 4) is 0 Å². The molecule has 1 atom stereocenters. The normalized spacial score (nSPS) is 20.6. The van der Waals surface area contributed by atoms with Crippen LogP contribution in [0.2, 0.25) is 0 Å². The van der Waals surface area contributed by atoms with Crippen molar-refractivity contribution in [2.45, 2.75) is 30.2 Å². The Morgan fingerprint density at radius 3 is 2.55 bits per heavy atom. The zero-order valence-electron chi connectivity index (χ0n) is 11.1. The van der Waals surface area contributed by atoms with Crippen LogP contribution < -0.4 is 0 Å². The third-order valence-electron chi connectivity index (χ3n) is 3.35. The molecule has 1 aromatic carbocycles. The Balaban J connectivity index is 2.35. The van der Waals surface area contributed by atoms with Crippen LogP contribution in [0.1, 0.15) is 19.3 Å². The first-order chi connectivity index (χ1) is 9.46. The molecule has 0 saturated carbocycles. The average Bonchev–Trinajstić information content (AvgIpc) is 2.47. The van der Waals surface area contributed by atoms with Gasteiger partial charge in [-0.25, -0.2) is 8.42 Å². The Bertz CT molecular complexity index is 585. The Morgan fingerprint density at radius 1 is 1.30 bits per heavy atom. The number of sulfonamides is 1. The monoisotopic (exact) mass is 361 g/mol. The van der Waals surface area contributed by atoms with E-state index in [0.717, 1.165) is 17.3 Å². The summed E-state index contributed by atoms with van der Waals surface area (Å²) in [7, 11) is -2.39. The molecule has 1 aromatic rings. The zero-order chi connectivity index (χ0) is 14.8. The van der Waals surface area contributed by atoms with Gasteiger partial charge in [0.15, 0.2) is 0 Å². The van der Waals surface area contributed by atoms with Crippen molar-refractivity contribution in [3.63, 3.8) is 0 Å². The predicted octanol–water partition coefficient (Wildman–Crippen LogP) is 2.17. The van der Waals surface area contributed by atoms with E-state index in [1.165, 1.54) is 23.5 Å². The maximum atomic E-state index is 12.6. The van der Waals surface area contributed by atoms with E-state index in [2.05, 4.69) is 15.9 Å². The molecular formula is C13H16BrNO4S. The second kappa shape index (κ2) is 6.24. The van der Waals surface area contributed by atoms with Gasteiger partial charge in [-0.05, 0) is 43.5 Å². The second-order valence-electron chi connectivity index (χ2n) is 4.60. The number of piperidine rings is 1. The van der Waals surface area contributed by atoms with E-state index in [9.17, 15) is 13.2 Å². The van der Waals surface area contributed by atoms with Gasteiger partial charge in [-0.3, -0.25) is 4.79 Å². The summed E-state index contributed by atoms with van der Waals surface area (Å²) in [6.07, 6.45) is 2.08. The third kappa shape index (κ3) is 3.05. The number of carbonyl (C=O) groups is 1. The maximum Gasteiger partial charge on any atom is 0.324 e. The molecule has 2 rings (SSSR count). The van der Waals surface area contributed by atoms with Gasteiger partial charge in [0, 0.05) is 11.0 Å². The molecule has 110 valence electrons. The highest BCUT2D eigenvalue weighted by atomic mass is 79.9. The largest absolute Gasteiger partial charge is 0.468 e. The lowest BCUT2D eigenvalue weighted by Gasteiger charge is -2.32. The third-order valence-corrected chi connectivity index (χ3v) is 5.80. The molecular weight excluding hydrogens is 346 g/mol. The molecule has 1 saturated heterocycles. The fraction of sp³-hybridized carbons (Fsp3) is 0.462. The lowest BCUT2D eigenvalue weighted by Crippen LogP contribution is -2.48. The van der Waals surface area contributed by atoms with Crippen molar-refractivity contribution in [3.05, 3.63) is 28.7 Å². The lowest BCUT2D eigenvalue weighted by molar-refractivity contribution is -0.146. The predicted molar refractivity (Wildman–Crippen MR) is 77.7 cm³/mol. The SMILES string of the molecule is COC(=O)[C@H]1CCCCN1S(=O)(=O)c1ccc(Br)cc1. The number of methoxy groups -OCH3 is 1. The summed E-state index contributed by atoms with van der Waals surface area (Å²) in [5.74, 6) is -0.495. The number of halogens is 1. The quantitative estimate of drug-likeness (QED) is 0.773. The van der Waals surface area contributed by atoms with Crippen molar-refractivity contribution >= 4 is 31.9 Å². The number of nitrogens with zero attached hydrogens (tertiary/aromatic N) is 1. The van der Waals surface area contributed by atoms with E-state index in [0.29, 0.717) is 13.0 Å². The van der Waals surface area contributed by atoms with Crippen LogP contribution in [-0.4, -0.2) is 38.4 Å². The van der Waals surface area contributed by atoms with E-state index < -0.39 is 22.0 Å². The van der Waals surface area contributed by atoms with Gasteiger partial charge in [-0.15, -0.1) is 0 Å².